The smallest absolute Gasteiger partial charge is 0.224 e. The number of benzene rings is 2. The first-order valence-electron chi connectivity index (χ1n) is 11.0. The number of para-hydroxylation sites is 1. The third kappa shape index (κ3) is 3.65. The van der Waals surface area contributed by atoms with Crippen molar-refractivity contribution in [2.24, 2.45) is 5.92 Å². The molecule has 2 aromatic heterocycles. The summed E-state index contributed by atoms with van der Waals surface area (Å²) in [5.41, 5.74) is 2.80. The van der Waals surface area contributed by atoms with E-state index in [0.29, 0.717) is 18.9 Å². The maximum atomic E-state index is 12.5. The van der Waals surface area contributed by atoms with Gasteiger partial charge in [0.25, 0.3) is 0 Å². The van der Waals surface area contributed by atoms with E-state index < -0.39 is 0 Å². The summed E-state index contributed by atoms with van der Waals surface area (Å²) in [5.74, 6) is 1.95. The van der Waals surface area contributed by atoms with Gasteiger partial charge in [-0.2, -0.15) is 0 Å². The van der Waals surface area contributed by atoms with Crippen molar-refractivity contribution in [1.82, 2.24) is 9.97 Å². The molecule has 1 N–H and O–H groups in total. The van der Waals surface area contributed by atoms with E-state index in [4.69, 9.17) is 4.98 Å². The average molecular weight is 429 g/mol. The molecule has 0 spiro atoms. The molecule has 31 heavy (non-hydrogen) atoms. The Labute approximate surface area is 185 Å². The van der Waals surface area contributed by atoms with Crippen LogP contribution in [0.15, 0.2) is 54.6 Å². The van der Waals surface area contributed by atoms with Crippen LogP contribution in [0, 0.1) is 5.92 Å². The molecule has 4 aromatic rings. The number of carbonyl (C=O) groups is 1. The van der Waals surface area contributed by atoms with Gasteiger partial charge < -0.3 is 10.2 Å². The van der Waals surface area contributed by atoms with E-state index in [1.54, 1.807) is 11.3 Å². The van der Waals surface area contributed by atoms with Crippen molar-refractivity contribution >= 4 is 49.9 Å². The topological polar surface area (TPSA) is 58.1 Å². The number of hydrogen-bond acceptors (Lipinski definition) is 5. The fourth-order valence-electron chi connectivity index (χ4n) is 5.03. The highest BCUT2D eigenvalue weighted by atomic mass is 32.1. The van der Waals surface area contributed by atoms with Crippen LogP contribution in [0.4, 0.5) is 11.5 Å². The molecule has 6 rings (SSSR count). The number of nitrogens with one attached hydrogen (secondary N) is 1. The summed E-state index contributed by atoms with van der Waals surface area (Å²) in [7, 11) is 0. The van der Waals surface area contributed by atoms with E-state index in [-0.39, 0.29) is 5.91 Å². The summed E-state index contributed by atoms with van der Waals surface area (Å²) >= 11 is 1.66. The molecule has 0 radical (unpaired) electrons. The Bertz CT molecular complexity index is 1250. The second kappa shape index (κ2) is 7.61. The third-order valence-corrected chi connectivity index (χ3v) is 7.66. The molecule has 1 saturated carbocycles. The van der Waals surface area contributed by atoms with Gasteiger partial charge in [0.2, 0.25) is 5.91 Å². The number of carbonyl (C=O) groups excluding carboxylic acids is 1. The van der Waals surface area contributed by atoms with Crippen LogP contribution in [-0.2, 0) is 11.2 Å². The van der Waals surface area contributed by atoms with Gasteiger partial charge in [0.15, 0.2) is 0 Å². The number of aryl methyl sites for hydroxylation is 1. The zero-order valence-corrected chi connectivity index (χ0v) is 18.1. The van der Waals surface area contributed by atoms with Crippen molar-refractivity contribution in [3.8, 4) is 0 Å². The van der Waals surface area contributed by atoms with Gasteiger partial charge in [-0.15, -0.1) is 11.3 Å². The van der Waals surface area contributed by atoms with Crippen LogP contribution < -0.4 is 10.2 Å². The molecule has 1 amide bonds. The number of hydrogen-bond donors (Lipinski definition) is 1. The van der Waals surface area contributed by atoms with E-state index in [1.807, 2.05) is 36.4 Å². The molecule has 1 aliphatic carbocycles. The maximum absolute atomic E-state index is 12.5. The van der Waals surface area contributed by atoms with Gasteiger partial charge in [-0.1, -0.05) is 12.1 Å². The maximum Gasteiger partial charge on any atom is 0.224 e. The summed E-state index contributed by atoms with van der Waals surface area (Å²) in [5, 5.41) is 5.08. The van der Waals surface area contributed by atoms with Gasteiger partial charge in [0.05, 0.1) is 20.7 Å². The van der Waals surface area contributed by atoms with Crippen molar-refractivity contribution in [2.75, 3.05) is 16.8 Å². The average Bonchev–Trinajstić information content (AvgIpc) is 3.52. The first-order valence-corrected chi connectivity index (χ1v) is 11.8. The molecule has 3 heterocycles. The van der Waals surface area contributed by atoms with Crippen molar-refractivity contribution in [3.63, 3.8) is 0 Å². The molecule has 2 fully saturated rings. The second-order valence-electron chi connectivity index (χ2n) is 8.69. The van der Waals surface area contributed by atoms with Crippen LogP contribution in [-0.4, -0.2) is 28.5 Å². The largest absolute Gasteiger partial charge is 0.353 e. The number of anilines is 2. The lowest BCUT2D eigenvalue weighted by molar-refractivity contribution is -0.116. The Morgan fingerprint density at radius 3 is 2.84 bits per heavy atom. The van der Waals surface area contributed by atoms with Crippen LogP contribution in [0.2, 0.25) is 0 Å². The second-order valence-corrected chi connectivity index (χ2v) is 9.80. The minimum absolute atomic E-state index is 0.0104. The highest BCUT2D eigenvalue weighted by Gasteiger charge is 2.38. The summed E-state index contributed by atoms with van der Waals surface area (Å²) in [6.45, 7) is 1.14. The summed E-state index contributed by atoms with van der Waals surface area (Å²) in [6, 6.07) is 19.0. The van der Waals surface area contributed by atoms with Crippen molar-refractivity contribution in [3.05, 3.63) is 59.6 Å². The van der Waals surface area contributed by atoms with Crippen molar-refractivity contribution in [1.29, 1.82) is 0 Å². The molecule has 2 aromatic carbocycles. The van der Waals surface area contributed by atoms with Gasteiger partial charge in [0, 0.05) is 36.5 Å². The van der Waals surface area contributed by atoms with E-state index in [9.17, 15) is 4.79 Å². The Morgan fingerprint density at radius 1 is 1.06 bits per heavy atom. The Balaban J connectivity index is 1.12. The number of nitrogens with zero attached hydrogens (tertiary/aromatic N) is 3. The van der Waals surface area contributed by atoms with Crippen molar-refractivity contribution < 1.29 is 4.79 Å². The molecule has 0 unspecified atom stereocenters. The molecule has 1 saturated heterocycles. The zero-order valence-electron chi connectivity index (χ0n) is 17.3. The lowest BCUT2D eigenvalue weighted by Gasteiger charge is -2.28. The number of fused-ring (bicyclic) bond motifs is 4. The number of aromatic nitrogens is 2. The minimum atomic E-state index is 0.0104. The number of piperidine rings is 1. The van der Waals surface area contributed by atoms with Gasteiger partial charge in [-0.05, 0) is 67.6 Å². The molecule has 1 aliphatic heterocycles. The summed E-state index contributed by atoms with van der Waals surface area (Å²) < 4.78 is 1.17. The molecule has 2 aliphatic rings. The Morgan fingerprint density at radius 2 is 2.00 bits per heavy atom. The van der Waals surface area contributed by atoms with Gasteiger partial charge in [-0.3, -0.25) is 4.79 Å². The third-order valence-electron chi connectivity index (χ3n) is 6.57. The number of rotatable bonds is 5. The van der Waals surface area contributed by atoms with Crippen LogP contribution in [0.5, 0.6) is 0 Å². The molecule has 5 nitrogen and oxygen atoms in total. The highest BCUT2D eigenvalue weighted by Crippen LogP contribution is 2.39. The van der Waals surface area contributed by atoms with Crippen LogP contribution in [0.25, 0.3) is 21.1 Å². The number of thiazole rings is 1. The number of amides is 1. The van der Waals surface area contributed by atoms with Crippen LogP contribution in [0.3, 0.4) is 0 Å². The lowest BCUT2D eigenvalue weighted by Crippen LogP contribution is -2.32. The summed E-state index contributed by atoms with van der Waals surface area (Å²) in [6.07, 6.45) is 5.07. The van der Waals surface area contributed by atoms with E-state index >= 15 is 0 Å². The predicted octanol–water partition coefficient (Wildman–Crippen LogP) is 5.40. The van der Waals surface area contributed by atoms with Gasteiger partial charge in [-0.25, -0.2) is 9.97 Å². The lowest BCUT2D eigenvalue weighted by atomic mass is 10.1. The van der Waals surface area contributed by atoms with Gasteiger partial charge >= 0.3 is 0 Å². The highest BCUT2D eigenvalue weighted by molar-refractivity contribution is 7.18. The fraction of sp³-hybridized carbons (Fsp3) is 0.320. The van der Waals surface area contributed by atoms with E-state index in [2.05, 4.69) is 33.4 Å². The molecular weight excluding hydrogens is 404 g/mol. The summed E-state index contributed by atoms with van der Waals surface area (Å²) in [4.78, 5) is 24.5. The minimum Gasteiger partial charge on any atom is -0.353 e. The molecule has 6 heteroatoms. The molecular formula is C25H24N4OS. The Hall–Kier alpha value is -2.99. The molecule has 2 atom stereocenters. The fourth-order valence-corrected chi connectivity index (χ4v) is 6.00. The zero-order chi connectivity index (χ0) is 20.8. The predicted molar refractivity (Wildman–Crippen MR) is 127 cm³/mol. The van der Waals surface area contributed by atoms with Crippen LogP contribution in [0.1, 0.15) is 30.7 Å². The number of pyridine rings is 1. The Kier molecular flexibility index (Phi) is 4.60. The normalized spacial score (nSPS) is 20.1. The van der Waals surface area contributed by atoms with E-state index in [1.165, 1.54) is 24.0 Å². The standard InChI is InChI=1S/C25H24N4OS/c30-24(11-12-25-28-21-3-1-2-4-22(21)31-25)26-18-7-9-20-17(14-18)6-10-23(27-20)29-15-16-5-8-19(29)13-16/h1-4,6-7,9-10,14,16,19H,5,8,11-13,15H2,(H,26,30)/t16-,19-/m0/s1. The van der Waals surface area contributed by atoms with Crippen molar-refractivity contribution in [2.45, 2.75) is 38.1 Å². The first-order chi connectivity index (χ1) is 15.2. The monoisotopic (exact) mass is 428 g/mol. The van der Waals surface area contributed by atoms with Gasteiger partial charge in [0.1, 0.15) is 5.82 Å². The van der Waals surface area contributed by atoms with Crippen LogP contribution >= 0.6 is 11.3 Å². The molecule has 2 bridgehead atoms. The molecule has 156 valence electrons. The first kappa shape index (κ1) is 18.8. The van der Waals surface area contributed by atoms with E-state index in [0.717, 1.165) is 45.4 Å². The quantitative estimate of drug-likeness (QED) is 0.462. The SMILES string of the molecule is O=C(CCc1nc2ccccc2s1)Nc1ccc2nc(N3C[C@H]4CC[C@H]3C4)ccc2c1.